The lowest BCUT2D eigenvalue weighted by Crippen LogP contribution is -2.48. The first-order valence-corrected chi connectivity index (χ1v) is 12.9. The molecular weight excluding hydrogens is 416 g/mol. The first-order chi connectivity index (χ1) is 14.8. The van der Waals surface area contributed by atoms with Crippen LogP contribution in [0.25, 0.3) is 0 Å². The van der Waals surface area contributed by atoms with Crippen molar-refractivity contribution >= 4 is 27.6 Å². The molecule has 0 bridgehead atoms. The van der Waals surface area contributed by atoms with E-state index in [1.807, 2.05) is 4.90 Å². The van der Waals surface area contributed by atoms with Crippen molar-refractivity contribution < 1.29 is 18.0 Å². The average molecular weight is 449 g/mol. The number of hydrogen-bond acceptors (Lipinski definition) is 4. The van der Waals surface area contributed by atoms with Crippen LogP contribution in [0.4, 0.5) is 10.5 Å². The average Bonchev–Trinajstić information content (AvgIpc) is 3.43. The number of carbonyl (C=O) groups is 2. The summed E-state index contributed by atoms with van der Waals surface area (Å²) in [5, 5.41) is 2.96. The number of hydrogen-bond donors (Lipinski definition) is 2. The summed E-state index contributed by atoms with van der Waals surface area (Å²) in [5.41, 5.74) is 1.62. The van der Waals surface area contributed by atoms with Crippen LogP contribution in [0.5, 0.6) is 0 Å². The molecule has 1 aromatic rings. The Balaban J connectivity index is 1.41. The van der Waals surface area contributed by atoms with Gasteiger partial charge in [0.2, 0.25) is 15.9 Å². The molecule has 0 aromatic heterocycles. The van der Waals surface area contributed by atoms with Gasteiger partial charge in [-0.2, -0.15) is 4.72 Å². The zero-order valence-corrected chi connectivity index (χ0v) is 18.9. The Morgan fingerprint density at radius 2 is 1.74 bits per heavy atom. The van der Waals surface area contributed by atoms with Crippen molar-refractivity contribution in [3.05, 3.63) is 23.8 Å². The summed E-state index contributed by atoms with van der Waals surface area (Å²) < 4.78 is 28.3. The van der Waals surface area contributed by atoms with Crippen molar-refractivity contribution in [1.82, 2.24) is 14.9 Å². The molecule has 1 aliphatic carbocycles. The van der Waals surface area contributed by atoms with Gasteiger partial charge in [-0.05, 0) is 62.8 Å². The molecule has 0 unspecified atom stereocenters. The summed E-state index contributed by atoms with van der Waals surface area (Å²) in [6.45, 7) is 3.69. The third-order valence-corrected chi connectivity index (χ3v) is 8.08. The molecular formula is C22H32N4O4S. The predicted octanol–water partition coefficient (Wildman–Crippen LogP) is 2.38. The van der Waals surface area contributed by atoms with E-state index in [4.69, 9.17) is 0 Å². The summed E-state index contributed by atoms with van der Waals surface area (Å²) in [7, 11) is -3.85. The van der Waals surface area contributed by atoms with Crippen LogP contribution < -0.4 is 14.9 Å². The monoisotopic (exact) mass is 448 g/mol. The van der Waals surface area contributed by atoms with Gasteiger partial charge >= 0.3 is 6.03 Å². The van der Waals surface area contributed by atoms with Gasteiger partial charge in [-0.15, -0.1) is 0 Å². The van der Waals surface area contributed by atoms with Crippen molar-refractivity contribution in [1.29, 1.82) is 0 Å². The largest absolute Gasteiger partial charge is 0.352 e. The van der Waals surface area contributed by atoms with Crippen LogP contribution in [0.1, 0.15) is 57.4 Å². The topological polar surface area (TPSA) is 98.8 Å². The Labute approximate surface area is 184 Å². The van der Waals surface area contributed by atoms with Gasteiger partial charge in [0.1, 0.15) is 0 Å². The van der Waals surface area contributed by atoms with Gasteiger partial charge in [-0.1, -0.05) is 19.3 Å². The maximum absolute atomic E-state index is 12.9. The van der Waals surface area contributed by atoms with Crippen LogP contribution in [-0.2, 0) is 21.2 Å². The van der Waals surface area contributed by atoms with Crippen LogP contribution in [0.2, 0.25) is 0 Å². The molecule has 9 heteroatoms. The summed E-state index contributed by atoms with van der Waals surface area (Å²) in [5.74, 6) is -0.293. The number of fused-ring (bicyclic) bond motifs is 1. The number of benzene rings is 1. The lowest BCUT2D eigenvalue weighted by atomic mass is 9.95. The maximum Gasteiger partial charge on any atom is 0.324 e. The van der Waals surface area contributed by atoms with Crippen molar-refractivity contribution in [2.24, 2.45) is 0 Å². The second kappa shape index (κ2) is 9.16. The number of likely N-dealkylation sites (tertiary alicyclic amines) is 1. The Kier molecular flexibility index (Phi) is 6.52. The number of urea groups is 1. The first kappa shape index (κ1) is 22.1. The summed E-state index contributed by atoms with van der Waals surface area (Å²) in [4.78, 5) is 28.9. The Morgan fingerprint density at radius 1 is 1.03 bits per heavy atom. The smallest absolute Gasteiger partial charge is 0.324 e. The molecule has 8 nitrogen and oxygen atoms in total. The molecule has 2 aliphatic heterocycles. The number of anilines is 1. The number of rotatable bonds is 5. The van der Waals surface area contributed by atoms with E-state index in [-0.39, 0.29) is 22.9 Å². The molecule has 3 aliphatic rings. The van der Waals surface area contributed by atoms with Gasteiger partial charge in [0.15, 0.2) is 0 Å². The molecule has 3 amide bonds. The van der Waals surface area contributed by atoms with E-state index in [2.05, 4.69) is 10.0 Å². The highest BCUT2D eigenvalue weighted by Crippen LogP contribution is 2.31. The summed E-state index contributed by atoms with van der Waals surface area (Å²) in [6.07, 6.45) is 7.95. The zero-order valence-electron chi connectivity index (χ0n) is 18.1. The van der Waals surface area contributed by atoms with Gasteiger partial charge in [-0.3, -0.25) is 9.69 Å². The minimum atomic E-state index is -3.85. The molecule has 1 atom stereocenters. The van der Waals surface area contributed by atoms with Crippen LogP contribution in [0.3, 0.4) is 0 Å². The lowest BCUT2D eigenvalue weighted by Gasteiger charge is -2.25. The quantitative estimate of drug-likeness (QED) is 0.722. The normalized spacial score (nSPS) is 20.5. The molecule has 0 radical (unpaired) electrons. The third-order valence-electron chi connectivity index (χ3n) is 6.54. The highest BCUT2D eigenvalue weighted by Gasteiger charge is 2.31. The third kappa shape index (κ3) is 4.87. The minimum absolute atomic E-state index is 0.00186. The first-order valence-electron chi connectivity index (χ1n) is 11.4. The molecule has 0 spiro atoms. The van der Waals surface area contributed by atoms with Crippen molar-refractivity contribution in [2.75, 3.05) is 24.5 Å². The summed E-state index contributed by atoms with van der Waals surface area (Å²) >= 11 is 0. The van der Waals surface area contributed by atoms with Crippen molar-refractivity contribution in [2.45, 2.75) is 75.3 Å². The molecule has 1 aromatic carbocycles. The number of sulfonamides is 1. The Hall–Kier alpha value is -2.13. The summed E-state index contributed by atoms with van der Waals surface area (Å²) in [6, 6.07) is 4.12. The molecule has 2 fully saturated rings. The zero-order chi connectivity index (χ0) is 22.0. The SMILES string of the molecule is C[C@H](NS(=O)(=O)c1ccc2c(c1)CCN2C(=O)N1CCCC1)C(=O)NC1CCCCC1. The molecule has 1 saturated carbocycles. The fourth-order valence-corrected chi connectivity index (χ4v) is 6.00. The number of nitrogens with one attached hydrogen (secondary N) is 2. The molecule has 1 saturated heterocycles. The van der Waals surface area contributed by atoms with Gasteiger partial charge in [0.25, 0.3) is 0 Å². The van der Waals surface area contributed by atoms with Crippen LogP contribution >= 0.6 is 0 Å². The fraction of sp³-hybridized carbons (Fsp3) is 0.636. The van der Waals surface area contributed by atoms with E-state index in [0.717, 1.165) is 62.9 Å². The highest BCUT2D eigenvalue weighted by atomic mass is 32.2. The number of carbonyl (C=O) groups excluding carboxylic acids is 2. The van der Waals surface area contributed by atoms with Crippen LogP contribution in [0, 0.1) is 0 Å². The van der Waals surface area contributed by atoms with E-state index >= 15 is 0 Å². The Bertz CT molecular complexity index is 937. The van der Waals surface area contributed by atoms with Crippen LogP contribution in [0.15, 0.2) is 23.1 Å². The van der Waals surface area contributed by atoms with Crippen LogP contribution in [-0.4, -0.2) is 57.0 Å². The molecule has 2 heterocycles. The predicted molar refractivity (Wildman–Crippen MR) is 118 cm³/mol. The van der Waals surface area contributed by atoms with Crippen molar-refractivity contribution in [3.8, 4) is 0 Å². The highest BCUT2D eigenvalue weighted by molar-refractivity contribution is 7.89. The molecule has 31 heavy (non-hydrogen) atoms. The molecule has 4 rings (SSSR count). The molecule has 2 N–H and O–H groups in total. The van der Waals surface area contributed by atoms with Crippen molar-refractivity contribution in [3.63, 3.8) is 0 Å². The van der Waals surface area contributed by atoms with E-state index in [1.165, 1.54) is 12.5 Å². The number of amides is 3. The van der Waals surface area contributed by atoms with Gasteiger partial charge in [-0.25, -0.2) is 13.2 Å². The van der Waals surface area contributed by atoms with E-state index in [1.54, 1.807) is 24.0 Å². The minimum Gasteiger partial charge on any atom is -0.352 e. The second-order valence-electron chi connectivity index (χ2n) is 8.86. The number of nitrogens with zero attached hydrogens (tertiary/aromatic N) is 2. The molecule has 170 valence electrons. The van der Waals surface area contributed by atoms with E-state index in [9.17, 15) is 18.0 Å². The van der Waals surface area contributed by atoms with Gasteiger partial charge < -0.3 is 10.2 Å². The van der Waals surface area contributed by atoms with E-state index < -0.39 is 16.1 Å². The standard InChI is InChI=1S/C22H32N4O4S/c1-16(21(27)23-18-7-3-2-4-8-18)24-31(29,30)19-9-10-20-17(15-19)11-14-26(20)22(28)25-12-5-6-13-25/h9-10,15-16,18,24H,2-8,11-14H2,1H3,(H,23,27)/t16-/m0/s1. The second-order valence-corrected chi connectivity index (χ2v) is 10.6. The fourth-order valence-electron chi connectivity index (χ4n) is 4.75. The van der Waals surface area contributed by atoms with E-state index in [0.29, 0.717) is 13.0 Å². The Morgan fingerprint density at radius 3 is 2.45 bits per heavy atom. The lowest BCUT2D eigenvalue weighted by molar-refractivity contribution is -0.123. The maximum atomic E-state index is 12.9. The van der Waals surface area contributed by atoms with Gasteiger partial charge in [0, 0.05) is 31.4 Å². The van der Waals surface area contributed by atoms with Gasteiger partial charge in [0.05, 0.1) is 10.9 Å².